The lowest BCUT2D eigenvalue weighted by Crippen LogP contribution is -2.25. The number of benzene rings is 1. The third-order valence-electron chi connectivity index (χ3n) is 4.36. The summed E-state index contributed by atoms with van der Waals surface area (Å²) in [6.45, 7) is 4.49. The van der Waals surface area contributed by atoms with Crippen molar-refractivity contribution >= 4 is 16.9 Å². The Morgan fingerprint density at radius 2 is 1.92 bits per heavy atom. The van der Waals surface area contributed by atoms with Gasteiger partial charge in [0.15, 0.2) is 5.65 Å². The van der Waals surface area contributed by atoms with E-state index in [4.69, 9.17) is 0 Å². The number of carbonyl (C=O) groups excluding carboxylic acids is 1. The number of amides is 1. The maximum absolute atomic E-state index is 12.6. The number of carbonyl (C=O) groups is 1. The summed E-state index contributed by atoms with van der Waals surface area (Å²) in [5, 5.41) is 8.27. The number of rotatable bonds is 6. The quantitative estimate of drug-likeness (QED) is 0.702. The van der Waals surface area contributed by atoms with Crippen LogP contribution in [0.3, 0.4) is 0 Å². The molecule has 0 unspecified atom stereocenters. The van der Waals surface area contributed by atoms with Crippen LogP contribution < -0.4 is 5.32 Å². The molecule has 0 aliphatic heterocycles. The first-order chi connectivity index (χ1) is 12.1. The normalized spacial score (nSPS) is 11.0. The van der Waals surface area contributed by atoms with E-state index in [9.17, 15) is 4.79 Å². The van der Waals surface area contributed by atoms with Crippen LogP contribution in [0, 0.1) is 13.8 Å². The average Bonchev–Trinajstić information content (AvgIpc) is 2.88. The van der Waals surface area contributed by atoms with E-state index in [1.54, 1.807) is 4.68 Å². The summed E-state index contributed by atoms with van der Waals surface area (Å²) in [5.74, 6) is -0.0497. The highest BCUT2D eigenvalue weighted by Crippen LogP contribution is 2.21. The maximum atomic E-state index is 12.6. The number of unbranched alkanes of at least 4 members (excludes halogenated alkanes) is 1. The predicted octanol–water partition coefficient (Wildman–Crippen LogP) is 3.34. The Morgan fingerprint density at radius 1 is 1.16 bits per heavy atom. The van der Waals surface area contributed by atoms with Gasteiger partial charge in [-0.1, -0.05) is 30.3 Å². The van der Waals surface area contributed by atoms with Crippen molar-refractivity contribution in [3.05, 3.63) is 58.9 Å². The summed E-state index contributed by atoms with van der Waals surface area (Å²) >= 11 is 0. The van der Waals surface area contributed by atoms with Crippen LogP contribution in [0.4, 0.5) is 0 Å². The molecule has 25 heavy (non-hydrogen) atoms. The number of nitrogens with one attached hydrogen (secondary N) is 1. The van der Waals surface area contributed by atoms with Crippen LogP contribution in [0.2, 0.25) is 0 Å². The Hall–Kier alpha value is -2.69. The van der Waals surface area contributed by atoms with E-state index in [0.717, 1.165) is 41.7 Å². The average molecular weight is 336 g/mol. The Balaban J connectivity index is 1.61. The van der Waals surface area contributed by atoms with Gasteiger partial charge in [0, 0.05) is 19.3 Å². The molecular formula is C20H24N4O. The van der Waals surface area contributed by atoms with Crippen LogP contribution in [-0.2, 0) is 13.5 Å². The van der Waals surface area contributed by atoms with Gasteiger partial charge in [-0.25, -0.2) is 4.98 Å². The van der Waals surface area contributed by atoms with Gasteiger partial charge >= 0.3 is 0 Å². The van der Waals surface area contributed by atoms with E-state index >= 15 is 0 Å². The first-order valence-electron chi connectivity index (χ1n) is 8.69. The first kappa shape index (κ1) is 17.1. The van der Waals surface area contributed by atoms with Crippen LogP contribution in [0.15, 0.2) is 36.4 Å². The van der Waals surface area contributed by atoms with Gasteiger partial charge in [-0.05, 0) is 44.7 Å². The minimum absolute atomic E-state index is 0.0497. The van der Waals surface area contributed by atoms with Crippen LogP contribution in [0.5, 0.6) is 0 Å². The zero-order valence-corrected chi connectivity index (χ0v) is 15.0. The molecule has 3 aromatic rings. The minimum Gasteiger partial charge on any atom is -0.352 e. The maximum Gasteiger partial charge on any atom is 0.252 e. The fraction of sp³-hybridized carbons (Fsp3) is 0.350. The standard InChI is InChI=1S/C20H24N4O/c1-14-13-17(18-15(2)23-24(3)19(18)22-14)20(25)21-12-8-7-11-16-9-5-4-6-10-16/h4-6,9-10,13H,7-8,11-12H2,1-3H3,(H,21,25). The number of nitrogens with zero attached hydrogens (tertiary/aromatic N) is 3. The molecule has 0 aliphatic carbocycles. The van der Waals surface area contributed by atoms with E-state index in [0.29, 0.717) is 12.1 Å². The molecule has 0 saturated carbocycles. The topological polar surface area (TPSA) is 59.8 Å². The zero-order valence-electron chi connectivity index (χ0n) is 15.0. The van der Waals surface area contributed by atoms with Crippen molar-refractivity contribution < 1.29 is 4.79 Å². The smallest absolute Gasteiger partial charge is 0.252 e. The molecule has 3 rings (SSSR count). The summed E-state index contributed by atoms with van der Waals surface area (Å²) in [6, 6.07) is 12.3. The van der Waals surface area contributed by atoms with Crippen molar-refractivity contribution in [2.45, 2.75) is 33.1 Å². The molecule has 5 heteroatoms. The molecule has 0 aliphatic rings. The lowest BCUT2D eigenvalue weighted by Gasteiger charge is -2.08. The highest BCUT2D eigenvalue weighted by Gasteiger charge is 2.17. The SMILES string of the molecule is Cc1cc(C(=O)NCCCCc2ccccc2)c2c(C)nn(C)c2n1. The molecule has 1 amide bonds. The summed E-state index contributed by atoms with van der Waals surface area (Å²) < 4.78 is 1.73. The van der Waals surface area contributed by atoms with Crippen LogP contribution in [-0.4, -0.2) is 27.2 Å². The number of fused-ring (bicyclic) bond motifs is 1. The van der Waals surface area contributed by atoms with Gasteiger partial charge in [0.1, 0.15) is 0 Å². The van der Waals surface area contributed by atoms with E-state index in [-0.39, 0.29) is 5.91 Å². The minimum atomic E-state index is -0.0497. The molecule has 1 N–H and O–H groups in total. The zero-order chi connectivity index (χ0) is 17.8. The highest BCUT2D eigenvalue weighted by molar-refractivity contribution is 6.06. The molecular weight excluding hydrogens is 312 g/mol. The Morgan fingerprint density at radius 3 is 2.68 bits per heavy atom. The van der Waals surface area contributed by atoms with Crippen LogP contribution >= 0.6 is 0 Å². The van der Waals surface area contributed by atoms with E-state index in [1.165, 1.54) is 5.56 Å². The van der Waals surface area contributed by atoms with Crippen molar-refractivity contribution in [2.24, 2.45) is 7.05 Å². The van der Waals surface area contributed by atoms with Crippen molar-refractivity contribution in [3.63, 3.8) is 0 Å². The summed E-state index contributed by atoms with van der Waals surface area (Å²) in [5.41, 5.74) is 4.41. The molecule has 1 aromatic carbocycles. The van der Waals surface area contributed by atoms with Gasteiger partial charge in [0.25, 0.3) is 5.91 Å². The Bertz CT molecular complexity index is 884. The van der Waals surface area contributed by atoms with Gasteiger partial charge in [0.2, 0.25) is 0 Å². The number of pyridine rings is 1. The highest BCUT2D eigenvalue weighted by atomic mass is 16.1. The van der Waals surface area contributed by atoms with Crippen LogP contribution in [0.25, 0.3) is 11.0 Å². The predicted molar refractivity (Wildman–Crippen MR) is 99.7 cm³/mol. The second-order valence-electron chi connectivity index (χ2n) is 6.42. The third kappa shape index (κ3) is 3.87. The van der Waals surface area contributed by atoms with Crippen LogP contribution in [0.1, 0.15) is 40.2 Å². The molecule has 0 saturated heterocycles. The molecule has 0 fully saturated rings. The Kier molecular flexibility index (Phi) is 5.12. The molecule has 2 aromatic heterocycles. The summed E-state index contributed by atoms with van der Waals surface area (Å²) in [4.78, 5) is 17.1. The molecule has 130 valence electrons. The Labute approximate surface area is 148 Å². The van der Waals surface area contributed by atoms with Gasteiger partial charge in [0.05, 0.1) is 16.6 Å². The first-order valence-corrected chi connectivity index (χ1v) is 8.69. The molecule has 5 nitrogen and oxygen atoms in total. The van der Waals surface area contributed by atoms with Crippen molar-refractivity contribution in [1.29, 1.82) is 0 Å². The lowest BCUT2D eigenvalue weighted by molar-refractivity contribution is 0.0954. The van der Waals surface area contributed by atoms with E-state index < -0.39 is 0 Å². The molecule has 0 radical (unpaired) electrons. The van der Waals surface area contributed by atoms with Crippen molar-refractivity contribution in [1.82, 2.24) is 20.1 Å². The summed E-state index contributed by atoms with van der Waals surface area (Å²) in [6.07, 6.45) is 3.05. The lowest BCUT2D eigenvalue weighted by atomic mass is 10.1. The second kappa shape index (κ2) is 7.47. The summed E-state index contributed by atoms with van der Waals surface area (Å²) in [7, 11) is 1.85. The molecule has 2 heterocycles. The van der Waals surface area contributed by atoms with E-state index in [2.05, 4.69) is 39.7 Å². The second-order valence-corrected chi connectivity index (χ2v) is 6.42. The van der Waals surface area contributed by atoms with Gasteiger partial charge in [-0.15, -0.1) is 0 Å². The number of aryl methyl sites for hydroxylation is 4. The molecule has 0 bridgehead atoms. The number of hydrogen-bond donors (Lipinski definition) is 1. The van der Waals surface area contributed by atoms with Crippen molar-refractivity contribution in [3.8, 4) is 0 Å². The largest absolute Gasteiger partial charge is 0.352 e. The van der Waals surface area contributed by atoms with Crippen molar-refractivity contribution in [2.75, 3.05) is 6.54 Å². The van der Waals surface area contributed by atoms with Gasteiger partial charge in [-0.3, -0.25) is 9.48 Å². The van der Waals surface area contributed by atoms with Gasteiger partial charge < -0.3 is 5.32 Å². The molecule has 0 spiro atoms. The fourth-order valence-electron chi connectivity index (χ4n) is 3.14. The van der Waals surface area contributed by atoms with Gasteiger partial charge in [-0.2, -0.15) is 5.10 Å². The number of hydrogen-bond acceptors (Lipinski definition) is 3. The fourth-order valence-corrected chi connectivity index (χ4v) is 3.14. The van der Waals surface area contributed by atoms with E-state index in [1.807, 2.05) is 33.0 Å². The third-order valence-corrected chi connectivity index (χ3v) is 4.36. The monoisotopic (exact) mass is 336 g/mol. The molecule has 0 atom stereocenters. The number of aromatic nitrogens is 3.